The summed E-state index contributed by atoms with van der Waals surface area (Å²) in [4.78, 5) is 2.50. The Balaban J connectivity index is 0.925. The van der Waals surface area contributed by atoms with Crippen LogP contribution in [0.5, 0.6) is 0 Å². The summed E-state index contributed by atoms with van der Waals surface area (Å²) in [6.45, 7) is 0. The molecule has 59 heavy (non-hydrogen) atoms. The first-order valence-corrected chi connectivity index (χ1v) is 21.8. The van der Waals surface area contributed by atoms with E-state index in [1.807, 2.05) is 0 Å². The molecule has 2 bridgehead atoms. The van der Waals surface area contributed by atoms with E-state index in [2.05, 4.69) is 199 Å². The Hall–Kier alpha value is -6.44. The second kappa shape index (κ2) is 12.5. The average Bonchev–Trinajstić information content (AvgIpc) is 3.80. The average molecular weight is 756 g/mol. The van der Waals surface area contributed by atoms with E-state index in [0.29, 0.717) is 10.8 Å². The van der Waals surface area contributed by atoms with Gasteiger partial charge in [-0.25, -0.2) is 0 Å². The topological polar surface area (TPSA) is 3.24 Å². The molecule has 5 atom stereocenters. The highest BCUT2D eigenvalue weighted by molar-refractivity contribution is 6.10. The molecule has 4 saturated carbocycles. The Morgan fingerprint density at radius 3 is 1.83 bits per heavy atom. The predicted molar refractivity (Wildman–Crippen MR) is 248 cm³/mol. The lowest BCUT2D eigenvalue weighted by Crippen LogP contribution is -2.68. The van der Waals surface area contributed by atoms with Crippen molar-refractivity contribution in [3.63, 3.8) is 0 Å². The monoisotopic (exact) mass is 755 g/mol. The molecule has 0 saturated heterocycles. The van der Waals surface area contributed by atoms with Crippen molar-refractivity contribution in [2.24, 2.45) is 23.2 Å². The smallest absolute Gasteiger partial charge is 0.0540 e. The quantitative estimate of drug-likeness (QED) is 0.157. The van der Waals surface area contributed by atoms with E-state index in [-0.39, 0.29) is 0 Å². The molecule has 1 spiro atoms. The summed E-state index contributed by atoms with van der Waals surface area (Å²) in [7, 11) is 0. The van der Waals surface area contributed by atoms with Crippen LogP contribution in [0.15, 0.2) is 194 Å². The molecule has 0 amide bonds. The third-order valence-corrected chi connectivity index (χ3v) is 15.7. The first kappa shape index (κ1) is 33.5. The molecular weight excluding hydrogens is 711 g/mol. The van der Waals surface area contributed by atoms with Crippen LogP contribution in [-0.4, -0.2) is 0 Å². The summed E-state index contributed by atoms with van der Waals surface area (Å²) in [6, 6.07) is 72.6. The van der Waals surface area contributed by atoms with E-state index in [4.69, 9.17) is 0 Å². The van der Waals surface area contributed by atoms with Crippen molar-refractivity contribution in [3.05, 3.63) is 200 Å². The van der Waals surface area contributed by atoms with Crippen LogP contribution in [0, 0.1) is 23.2 Å². The van der Waals surface area contributed by atoms with E-state index < -0.39 is 0 Å². The Kier molecular flexibility index (Phi) is 7.12. The van der Waals surface area contributed by atoms with Crippen molar-refractivity contribution >= 4 is 49.4 Å². The van der Waals surface area contributed by atoms with Crippen molar-refractivity contribution in [1.82, 2.24) is 0 Å². The zero-order valence-electron chi connectivity index (χ0n) is 33.2. The van der Waals surface area contributed by atoms with Gasteiger partial charge in [-0.05, 0) is 158 Å². The van der Waals surface area contributed by atoms with Crippen LogP contribution in [0.4, 0.5) is 17.1 Å². The molecule has 1 heteroatoms. The van der Waals surface area contributed by atoms with Crippen LogP contribution in [0.1, 0.15) is 37.7 Å². The molecule has 9 aromatic rings. The van der Waals surface area contributed by atoms with E-state index >= 15 is 0 Å². The van der Waals surface area contributed by atoms with Gasteiger partial charge in [-0.1, -0.05) is 158 Å². The van der Waals surface area contributed by atoms with Crippen LogP contribution in [0.25, 0.3) is 65.7 Å². The summed E-state index contributed by atoms with van der Waals surface area (Å²) in [5.41, 5.74) is 13.7. The molecule has 0 aromatic heterocycles. The standard InChI is InChI=1S/C58H45N/c1-2-10-40(11-3-1)49-18-9-14-43-33-42(22-29-51(43)49)39-20-25-47(26-21-39)59(48-27-23-44(24-28-48)57-35-38-32-45-34-46(37-57)58(45,57)36-38)56-31-30-54(53-16-6-7-17-55(53)56)52-19-8-13-41-12-4-5-15-50(41)52/h1-31,33,38,45-46H,32,34-37H2. The van der Waals surface area contributed by atoms with Crippen molar-refractivity contribution in [1.29, 1.82) is 0 Å². The minimum absolute atomic E-state index is 0.420. The van der Waals surface area contributed by atoms with Gasteiger partial charge in [0.05, 0.1) is 5.69 Å². The molecular formula is C58H45N. The lowest BCUT2D eigenvalue weighted by Gasteiger charge is -2.73. The molecule has 282 valence electrons. The van der Waals surface area contributed by atoms with Crippen LogP contribution in [-0.2, 0) is 5.41 Å². The maximum atomic E-state index is 2.52. The van der Waals surface area contributed by atoms with Gasteiger partial charge in [0.2, 0.25) is 0 Å². The fourth-order valence-electron chi connectivity index (χ4n) is 13.4. The van der Waals surface area contributed by atoms with Gasteiger partial charge in [0.1, 0.15) is 0 Å². The van der Waals surface area contributed by atoms with Gasteiger partial charge in [0, 0.05) is 22.2 Å². The second-order valence-corrected chi connectivity index (χ2v) is 18.2. The Labute approximate surface area is 346 Å². The summed E-state index contributed by atoms with van der Waals surface area (Å²) in [6.07, 6.45) is 7.30. The molecule has 0 N–H and O–H groups in total. The second-order valence-electron chi connectivity index (χ2n) is 18.2. The first-order valence-electron chi connectivity index (χ1n) is 21.8. The van der Waals surface area contributed by atoms with Gasteiger partial charge in [-0.2, -0.15) is 0 Å². The Morgan fingerprint density at radius 2 is 1.03 bits per heavy atom. The summed E-state index contributed by atoms with van der Waals surface area (Å²) >= 11 is 0. The molecule has 1 nitrogen and oxygen atoms in total. The molecule has 4 fully saturated rings. The summed E-state index contributed by atoms with van der Waals surface area (Å²) in [5.74, 6) is 2.91. The highest BCUT2D eigenvalue weighted by Crippen LogP contribution is 2.86. The molecule has 0 aliphatic heterocycles. The number of rotatable bonds is 7. The Morgan fingerprint density at radius 1 is 0.390 bits per heavy atom. The van der Waals surface area contributed by atoms with Gasteiger partial charge in [0.15, 0.2) is 0 Å². The fraction of sp³-hybridized carbons (Fsp3) is 0.172. The number of benzene rings is 9. The molecule has 4 aliphatic carbocycles. The Bertz CT molecular complexity index is 3100. The van der Waals surface area contributed by atoms with Crippen molar-refractivity contribution in [3.8, 4) is 33.4 Å². The summed E-state index contributed by atoms with van der Waals surface area (Å²) in [5, 5.41) is 7.60. The van der Waals surface area contributed by atoms with Crippen LogP contribution < -0.4 is 4.90 Å². The minimum atomic E-state index is 0.420. The van der Waals surface area contributed by atoms with Gasteiger partial charge < -0.3 is 4.90 Å². The third-order valence-electron chi connectivity index (χ3n) is 15.7. The van der Waals surface area contributed by atoms with Crippen LogP contribution in [0.3, 0.4) is 0 Å². The number of fused-ring (bicyclic) bond motifs is 4. The van der Waals surface area contributed by atoms with Crippen molar-refractivity contribution in [2.75, 3.05) is 4.90 Å². The third kappa shape index (κ3) is 4.73. The number of hydrogen-bond donors (Lipinski definition) is 0. The van der Waals surface area contributed by atoms with E-state index in [1.54, 1.807) is 5.56 Å². The zero-order chi connectivity index (χ0) is 38.7. The van der Waals surface area contributed by atoms with E-state index in [9.17, 15) is 0 Å². The van der Waals surface area contributed by atoms with Crippen LogP contribution >= 0.6 is 0 Å². The van der Waals surface area contributed by atoms with Crippen LogP contribution in [0.2, 0.25) is 0 Å². The number of anilines is 3. The van der Waals surface area contributed by atoms with E-state index in [0.717, 1.165) is 23.4 Å². The minimum Gasteiger partial charge on any atom is -0.310 e. The lowest BCUT2D eigenvalue weighted by atomic mass is 9.31. The summed E-state index contributed by atoms with van der Waals surface area (Å²) < 4.78 is 0. The maximum absolute atomic E-state index is 2.52. The van der Waals surface area contributed by atoms with Gasteiger partial charge in [-0.3, -0.25) is 0 Å². The maximum Gasteiger partial charge on any atom is 0.0540 e. The number of hydrogen-bond acceptors (Lipinski definition) is 1. The SMILES string of the molecule is c1ccc(-c2cccc3cc(-c4ccc(N(c5ccc(C67CC8CC9CC(C6)C97C8)cc5)c5ccc(-c6cccc7ccccc67)c6ccccc56)cc4)ccc23)cc1. The molecule has 4 aliphatic rings. The van der Waals surface area contributed by atoms with Gasteiger partial charge in [-0.15, -0.1) is 0 Å². The molecule has 13 rings (SSSR count). The van der Waals surface area contributed by atoms with E-state index in [1.165, 1.54) is 109 Å². The molecule has 0 heterocycles. The van der Waals surface area contributed by atoms with Crippen molar-refractivity contribution in [2.45, 2.75) is 37.5 Å². The fourth-order valence-corrected chi connectivity index (χ4v) is 13.4. The molecule has 5 unspecified atom stereocenters. The largest absolute Gasteiger partial charge is 0.310 e. The van der Waals surface area contributed by atoms with Gasteiger partial charge >= 0.3 is 0 Å². The lowest BCUT2D eigenvalue weighted by molar-refractivity contribution is -0.198. The number of nitrogens with zero attached hydrogens (tertiary/aromatic N) is 1. The first-order chi connectivity index (χ1) is 29.2. The molecule has 0 radical (unpaired) electrons. The highest BCUT2D eigenvalue weighted by atomic mass is 15.1. The van der Waals surface area contributed by atoms with Crippen molar-refractivity contribution < 1.29 is 0 Å². The molecule has 9 aromatic carbocycles. The zero-order valence-corrected chi connectivity index (χ0v) is 33.2. The highest BCUT2D eigenvalue weighted by Gasteiger charge is 2.80. The predicted octanol–water partition coefficient (Wildman–Crippen LogP) is 15.7. The normalized spacial score (nSPS) is 23.6. The van der Waals surface area contributed by atoms with Gasteiger partial charge in [0.25, 0.3) is 0 Å².